The number of hydrogen-bond donors (Lipinski definition) is 1. The van der Waals surface area contributed by atoms with E-state index in [0.29, 0.717) is 30.7 Å². The molecule has 8 nitrogen and oxygen atoms in total. The summed E-state index contributed by atoms with van der Waals surface area (Å²) in [6.45, 7) is 7.30. The number of amides is 1. The van der Waals surface area contributed by atoms with Crippen LogP contribution in [-0.4, -0.2) is 55.8 Å². The minimum absolute atomic E-state index is 0.0700. The molecule has 134 valence electrons. The van der Waals surface area contributed by atoms with E-state index in [9.17, 15) is 9.59 Å². The molecule has 1 N–H and O–H groups in total. The van der Waals surface area contributed by atoms with E-state index in [2.05, 4.69) is 10.3 Å². The lowest BCUT2D eigenvalue weighted by Gasteiger charge is -2.39. The number of hydrogen-bond acceptors (Lipinski definition) is 5. The number of aromatic nitrogens is 3. The lowest BCUT2D eigenvalue weighted by molar-refractivity contribution is -0.136. The van der Waals surface area contributed by atoms with E-state index in [-0.39, 0.29) is 18.4 Å². The topological polar surface area (TPSA) is 97.5 Å². The largest absolute Gasteiger partial charge is 0.481 e. The second kappa shape index (κ2) is 6.34. The van der Waals surface area contributed by atoms with E-state index in [4.69, 9.17) is 9.84 Å². The molecule has 1 aromatic heterocycles. The summed E-state index contributed by atoms with van der Waals surface area (Å²) in [5.74, 6) is -0.643. The summed E-state index contributed by atoms with van der Waals surface area (Å²) in [7, 11) is 0. The molecule has 3 rings (SSSR count). The SMILES string of the molecule is CC(C)(C)OC(=O)N1CC(Cn2nnc3cccc(CC(=O)O)c32)C1. The molecule has 0 spiro atoms. The van der Waals surface area contributed by atoms with Crippen molar-refractivity contribution in [3.63, 3.8) is 0 Å². The molecule has 0 radical (unpaired) electrons. The highest BCUT2D eigenvalue weighted by Crippen LogP contribution is 2.24. The van der Waals surface area contributed by atoms with Gasteiger partial charge < -0.3 is 14.7 Å². The molecule has 0 bridgehead atoms. The number of ether oxygens (including phenoxy) is 1. The number of rotatable bonds is 4. The van der Waals surface area contributed by atoms with E-state index in [0.717, 1.165) is 5.52 Å². The molecule has 0 atom stereocenters. The maximum Gasteiger partial charge on any atom is 0.410 e. The molecule has 1 amide bonds. The Morgan fingerprint density at radius 1 is 1.32 bits per heavy atom. The number of aliphatic carboxylic acids is 1. The number of benzene rings is 1. The Bertz CT molecular complexity index is 803. The van der Waals surface area contributed by atoms with Gasteiger partial charge in [0.1, 0.15) is 11.1 Å². The van der Waals surface area contributed by atoms with Gasteiger partial charge in [-0.05, 0) is 32.4 Å². The molecular formula is C17H22N4O4. The van der Waals surface area contributed by atoms with Crippen molar-refractivity contribution in [2.45, 2.75) is 39.3 Å². The first-order chi connectivity index (χ1) is 11.7. The van der Waals surface area contributed by atoms with Crippen LogP contribution in [0.4, 0.5) is 4.79 Å². The number of fused-ring (bicyclic) bond motifs is 1. The third kappa shape index (κ3) is 3.89. The second-order valence-corrected chi connectivity index (χ2v) is 7.38. The summed E-state index contributed by atoms with van der Waals surface area (Å²) in [5, 5.41) is 17.3. The summed E-state index contributed by atoms with van der Waals surface area (Å²) in [6, 6.07) is 5.38. The molecule has 1 aromatic carbocycles. The predicted molar refractivity (Wildman–Crippen MR) is 90.2 cm³/mol. The van der Waals surface area contributed by atoms with Gasteiger partial charge in [0.05, 0.1) is 11.9 Å². The van der Waals surface area contributed by atoms with Crippen molar-refractivity contribution in [3.8, 4) is 0 Å². The lowest BCUT2D eigenvalue weighted by Crippen LogP contribution is -2.52. The molecule has 1 aliphatic heterocycles. The van der Waals surface area contributed by atoms with Crippen molar-refractivity contribution in [3.05, 3.63) is 23.8 Å². The fourth-order valence-corrected chi connectivity index (χ4v) is 2.94. The maximum atomic E-state index is 12.0. The fraction of sp³-hybridized carbons (Fsp3) is 0.529. The minimum Gasteiger partial charge on any atom is -0.481 e. The van der Waals surface area contributed by atoms with Crippen LogP contribution in [0, 0.1) is 5.92 Å². The smallest absolute Gasteiger partial charge is 0.410 e. The first-order valence-electron chi connectivity index (χ1n) is 8.24. The first-order valence-corrected chi connectivity index (χ1v) is 8.24. The number of nitrogens with zero attached hydrogens (tertiary/aromatic N) is 4. The Balaban J connectivity index is 1.67. The quantitative estimate of drug-likeness (QED) is 0.908. The van der Waals surface area contributed by atoms with E-state index < -0.39 is 11.6 Å². The lowest BCUT2D eigenvalue weighted by atomic mass is 10.0. The molecular weight excluding hydrogens is 324 g/mol. The summed E-state index contributed by atoms with van der Waals surface area (Å²) in [6.07, 6.45) is -0.377. The second-order valence-electron chi connectivity index (χ2n) is 7.38. The number of likely N-dealkylation sites (tertiary alicyclic amines) is 1. The standard InChI is InChI=1S/C17H22N4O4/c1-17(2,3)25-16(24)20-8-11(9-20)10-21-15-12(7-14(22)23)5-4-6-13(15)18-19-21/h4-6,11H,7-10H2,1-3H3,(H,22,23). The molecule has 1 saturated heterocycles. The zero-order chi connectivity index (χ0) is 18.2. The molecule has 0 unspecified atom stereocenters. The van der Waals surface area contributed by atoms with Gasteiger partial charge >= 0.3 is 12.1 Å². The van der Waals surface area contributed by atoms with Crippen molar-refractivity contribution in [2.24, 2.45) is 5.92 Å². The third-order valence-electron chi connectivity index (χ3n) is 4.00. The summed E-state index contributed by atoms with van der Waals surface area (Å²) in [4.78, 5) is 24.7. The van der Waals surface area contributed by atoms with Gasteiger partial charge in [-0.25, -0.2) is 9.48 Å². The van der Waals surface area contributed by atoms with Crippen LogP contribution in [0.1, 0.15) is 26.3 Å². The Morgan fingerprint density at radius 2 is 2.04 bits per heavy atom. The average Bonchev–Trinajstić information content (AvgIpc) is 2.83. The van der Waals surface area contributed by atoms with Crippen LogP contribution >= 0.6 is 0 Å². The van der Waals surface area contributed by atoms with Crippen molar-refractivity contribution in [2.75, 3.05) is 13.1 Å². The molecule has 1 fully saturated rings. The van der Waals surface area contributed by atoms with Gasteiger partial charge in [-0.15, -0.1) is 5.10 Å². The van der Waals surface area contributed by atoms with Gasteiger partial charge in [0.25, 0.3) is 0 Å². The maximum absolute atomic E-state index is 12.0. The molecule has 0 aliphatic carbocycles. The van der Waals surface area contributed by atoms with Crippen LogP contribution in [0.25, 0.3) is 11.0 Å². The average molecular weight is 346 g/mol. The van der Waals surface area contributed by atoms with Crippen molar-refractivity contribution < 1.29 is 19.4 Å². The molecule has 25 heavy (non-hydrogen) atoms. The van der Waals surface area contributed by atoms with E-state index in [1.165, 1.54) is 0 Å². The zero-order valence-corrected chi connectivity index (χ0v) is 14.6. The highest BCUT2D eigenvalue weighted by atomic mass is 16.6. The van der Waals surface area contributed by atoms with Gasteiger partial charge in [-0.1, -0.05) is 17.3 Å². The summed E-state index contributed by atoms with van der Waals surface area (Å²) in [5.41, 5.74) is 1.62. The fourth-order valence-electron chi connectivity index (χ4n) is 2.94. The number of carboxylic acids is 1. The van der Waals surface area contributed by atoms with Gasteiger partial charge in [0.2, 0.25) is 0 Å². The normalized spacial score (nSPS) is 15.2. The molecule has 2 aromatic rings. The summed E-state index contributed by atoms with van der Waals surface area (Å²) >= 11 is 0. The van der Waals surface area contributed by atoms with Crippen LogP contribution in [0.2, 0.25) is 0 Å². The van der Waals surface area contributed by atoms with Crippen molar-refractivity contribution in [1.29, 1.82) is 0 Å². The Labute approximate surface area is 145 Å². The number of carbonyl (C=O) groups excluding carboxylic acids is 1. The van der Waals surface area contributed by atoms with Crippen LogP contribution in [-0.2, 0) is 22.5 Å². The number of carbonyl (C=O) groups is 2. The van der Waals surface area contributed by atoms with E-state index in [1.54, 1.807) is 21.7 Å². The van der Waals surface area contributed by atoms with Gasteiger partial charge in [-0.3, -0.25) is 4.79 Å². The van der Waals surface area contributed by atoms with Crippen LogP contribution < -0.4 is 0 Å². The van der Waals surface area contributed by atoms with Crippen LogP contribution in [0.5, 0.6) is 0 Å². The first kappa shape index (κ1) is 17.2. The van der Waals surface area contributed by atoms with Crippen LogP contribution in [0.3, 0.4) is 0 Å². The predicted octanol–water partition coefficient (Wildman–Crippen LogP) is 1.93. The minimum atomic E-state index is -0.889. The number of carboxylic acid groups (broad SMARTS) is 1. The van der Waals surface area contributed by atoms with Crippen LogP contribution in [0.15, 0.2) is 18.2 Å². The summed E-state index contributed by atoms with van der Waals surface area (Å²) < 4.78 is 7.09. The monoisotopic (exact) mass is 346 g/mol. The Kier molecular flexibility index (Phi) is 4.36. The van der Waals surface area contributed by atoms with E-state index >= 15 is 0 Å². The molecule has 2 heterocycles. The highest BCUT2D eigenvalue weighted by Gasteiger charge is 2.34. The zero-order valence-electron chi connectivity index (χ0n) is 14.6. The van der Waals surface area contributed by atoms with E-state index in [1.807, 2.05) is 26.8 Å². The Hall–Kier alpha value is -2.64. The third-order valence-corrected chi connectivity index (χ3v) is 4.00. The molecule has 0 saturated carbocycles. The number of para-hydroxylation sites is 1. The molecule has 1 aliphatic rings. The van der Waals surface area contributed by atoms with Gasteiger partial charge in [0, 0.05) is 25.6 Å². The van der Waals surface area contributed by atoms with Gasteiger partial charge in [0.15, 0.2) is 0 Å². The van der Waals surface area contributed by atoms with Crippen molar-refractivity contribution in [1.82, 2.24) is 19.9 Å². The van der Waals surface area contributed by atoms with Gasteiger partial charge in [-0.2, -0.15) is 0 Å². The van der Waals surface area contributed by atoms with Crippen molar-refractivity contribution >= 4 is 23.1 Å². The highest BCUT2D eigenvalue weighted by molar-refractivity contribution is 5.83. The Morgan fingerprint density at radius 3 is 2.68 bits per heavy atom. The molecule has 8 heteroatoms.